The monoisotopic (exact) mass is 619 g/mol. The summed E-state index contributed by atoms with van der Waals surface area (Å²) in [5, 5.41) is 16.3. The van der Waals surface area contributed by atoms with Crippen molar-refractivity contribution in [3.63, 3.8) is 0 Å². The number of fused-ring (bicyclic) bond motifs is 1. The lowest BCUT2D eigenvalue weighted by Gasteiger charge is -2.46. The standard InChI is InChI=1S/C29H26F5N5O5/c1-28-10-5-11-39(28)38(14-15-6-4-7-19(30)22(15)31)26(42)21(23(28)40)24(41)36-20-9-8-16(29(32,33)34)12-17(20)18-13-35-27(44-3)37-25(18)43-2/h4,6-9,12-13,40H,5,10-11,14H2,1-3H3,(H,36,41). The Balaban J connectivity index is 1.57. The van der Waals surface area contributed by atoms with E-state index in [4.69, 9.17) is 9.47 Å². The SMILES string of the molecule is COc1ncc(-c2cc(C(F)(F)F)ccc2NC(=O)C2=C(O)C3(C)CCCN3N(Cc3cccc(F)c3F)C2=O)c(OC)n1. The van der Waals surface area contributed by atoms with Crippen molar-refractivity contribution in [1.82, 2.24) is 20.0 Å². The number of rotatable bonds is 7. The van der Waals surface area contributed by atoms with Crippen LogP contribution in [-0.4, -0.2) is 63.2 Å². The third-order valence-electron chi connectivity index (χ3n) is 7.66. The highest BCUT2D eigenvalue weighted by Crippen LogP contribution is 2.43. The van der Waals surface area contributed by atoms with Crippen LogP contribution in [0, 0.1) is 11.6 Å². The first kappa shape index (κ1) is 30.7. The Morgan fingerprint density at radius 2 is 1.89 bits per heavy atom. The summed E-state index contributed by atoms with van der Waals surface area (Å²) < 4.78 is 79.8. The molecule has 1 unspecified atom stereocenters. The summed E-state index contributed by atoms with van der Waals surface area (Å²) >= 11 is 0. The Labute approximate surface area is 247 Å². The normalized spacial score (nSPS) is 18.8. The molecule has 1 saturated heterocycles. The fourth-order valence-corrected chi connectivity index (χ4v) is 5.41. The van der Waals surface area contributed by atoms with Crippen molar-refractivity contribution < 1.29 is 46.1 Å². The first-order chi connectivity index (χ1) is 20.8. The lowest BCUT2D eigenvalue weighted by molar-refractivity contribution is -0.160. The topological polar surface area (TPSA) is 117 Å². The quantitative estimate of drug-likeness (QED) is 0.280. The van der Waals surface area contributed by atoms with Gasteiger partial charge in [-0.15, -0.1) is 0 Å². The number of ether oxygens (including phenoxy) is 2. The highest BCUT2D eigenvalue weighted by molar-refractivity contribution is 6.24. The minimum absolute atomic E-state index is 0.0417. The maximum atomic E-state index is 14.6. The van der Waals surface area contributed by atoms with Crippen LogP contribution in [0.4, 0.5) is 27.6 Å². The average molecular weight is 620 g/mol. The molecule has 1 atom stereocenters. The Morgan fingerprint density at radius 1 is 1.14 bits per heavy atom. The second-order valence-corrected chi connectivity index (χ2v) is 10.3. The van der Waals surface area contributed by atoms with Gasteiger partial charge >= 0.3 is 12.2 Å². The van der Waals surface area contributed by atoms with Crippen LogP contribution in [0.15, 0.2) is 53.9 Å². The highest BCUT2D eigenvalue weighted by Gasteiger charge is 2.52. The number of methoxy groups -OCH3 is 2. The predicted molar refractivity (Wildman–Crippen MR) is 145 cm³/mol. The maximum absolute atomic E-state index is 14.6. The van der Waals surface area contributed by atoms with Gasteiger partial charge in [-0.2, -0.15) is 18.2 Å². The molecule has 2 aliphatic rings. The number of halogens is 5. The number of anilines is 1. The number of hydrazine groups is 1. The van der Waals surface area contributed by atoms with Gasteiger partial charge in [-0.25, -0.2) is 18.8 Å². The van der Waals surface area contributed by atoms with Crippen LogP contribution in [-0.2, 0) is 22.3 Å². The number of aliphatic hydroxyl groups is 1. The highest BCUT2D eigenvalue weighted by atomic mass is 19.4. The van der Waals surface area contributed by atoms with Crippen molar-refractivity contribution in [1.29, 1.82) is 0 Å². The predicted octanol–water partition coefficient (Wildman–Crippen LogP) is 5.02. The number of benzene rings is 2. The molecule has 1 fully saturated rings. The van der Waals surface area contributed by atoms with E-state index in [2.05, 4.69) is 15.3 Å². The van der Waals surface area contributed by atoms with Crippen molar-refractivity contribution in [2.45, 2.75) is 38.0 Å². The second-order valence-electron chi connectivity index (χ2n) is 10.3. The molecule has 1 aromatic heterocycles. The summed E-state index contributed by atoms with van der Waals surface area (Å²) in [4.78, 5) is 35.4. The number of aliphatic hydroxyl groups excluding tert-OH is 1. The summed E-state index contributed by atoms with van der Waals surface area (Å²) in [7, 11) is 2.51. The molecule has 3 aromatic rings. The number of amides is 2. The summed E-state index contributed by atoms with van der Waals surface area (Å²) in [5.74, 6) is -5.18. The van der Waals surface area contributed by atoms with Crippen LogP contribution in [0.5, 0.6) is 11.9 Å². The number of hydrogen-bond donors (Lipinski definition) is 2. The van der Waals surface area contributed by atoms with E-state index in [-0.39, 0.29) is 40.8 Å². The first-order valence-electron chi connectivity index (χ1n) is 13.2. The Hall–Kier alpha value is -4.79. The van der Waals surface area contributed by atoms with Crippen LogP contribution in [0.2, 0.25) is 0 Å². The fourth-order valence-electron chi connectivity index (χ4n) is 5.41. The molecule has 0 aliphatic carbocycles. The fraction of sp³-hybridized carbons (Fsp3) is 0.310. The molecule has 10 nitrogen and oxygen atoms in total. The minimum Gasteiger partial charge on any atom is -0.509 e. The summed E-state index contributed by atoms with van der Waals surface area (Å²) in [6.07, 6.45) is -2.79. The molecule has 44 heavy (non-hydrogen) atoms. The number of nitrogens with zero attached hydrogens (tertiary/aromatic N) is 4. The van der Waals surface area contributed by atoms with Crippen molar-refractivity contribution in [3.8, 4) is 23.0 Å². The van der Waals surface area contributed by atoms with Gasteiger partial charge in [0, 0.05) is 29.6 Å². The van der Waals surface area contributed by atoms with Gasteiger partial charge in [0.15, 0.2) is 11.6 Å². The largest absolute Gasteiger partial charge is 0.509 e. The van der Waals surface area contributed by atoms with E-state index in [1.807, 2.05) is 0 Å². The van der Waals surface area contributed by atoms with E-state index in [0.29, 0.717) is 12.8 Å². The van der Waals surface area contributed by atoms with Crippen LogP contribution in [0.25, 0.3) is 11.1 Å². The molecule has 2 N–H and O–H groups in total. The van der Waals surface area contributed by atoms with Gasteiger partial charge in [0.25, 0.3) is 11.8 Å². The first-order valence-corrected chi connectivity index (χ1v) is 13.2. The molecule has 3 heterocycles. The average Bonchev–Trinajstić information content (AvgIpc) is 3.39. The molecule has 0 bridgehead atoms. The van der Waals surface area contributed by atoms with Crippen LogP contribution in [0.3, 0.4) is 0 Å². The molecule has 5 rings (SSSR count). The van der Waals surface area contributed by atoms with Gasteiger partial charge < -0.3 is 19.9 Å². The van der Waals surface area contributed by atoms with E-state index in [0.717, 1.165) is 35.5 Å². The van der Waals surface area contributed by atoms with Gasteiger partial charge in [0.2, 0.25) is 5.88 Å². The number of alkyl halides is 3. The van der Waals surface area contributed by atoms with Crippen LogP contribution in [0.1, 0.15) is 30.9 Å². The second kappa shape index (κ2) is 11.4. The van der Waals surface area contributed by atoms with Crippen molar-refractivity contribution in [2.75, 3.05) is 26.1 Å². The third kappa shape index (κ3) is 5.27. The number of carbonyl (C=O) groups is 2. The van der Waals surface area contributed by atoms with Gasteiger partial charge in [0.1, 0.15) is 11.3 Å². The van der Waals surface area contributed by atoms with E-state index in [1.165, 1.54) is 31.4 Å². The zero-order valence-electron chi connectivity index (χ0n) is 23.6. The molecule has 15 heteroatoms. The maximum Gasteiger partial charge on any atom is 0.416 e. The minimum atomic E-state index is -4.76. The van der Waals surface area contributed by atoms with E-state index in [9.17, 15) is 36.6 Å². The summed E-state index contributed by atoms with van der Waals surface area (Å²) in [5.41, 5.74) is -3.61. The van der Waals surface area contributed by atoms with Crippen molar-refractivity contribution >= 4 is 17.5 Å². The lowest BCUT2D eigenvalue weighted by atomic mass is 9.90. The lowest BCUT2D eigenvalue weighted by Crippen LogP contribution is -2.60. The Bertz CT molecular complexity index is 1680. The molecule has 0 radical (unpaired) electrons. The number of hydrogen-bond acceptors (Lipinski definition) is 8. The van der Waals surface area contributed by atoms with Crippen molar-refractivity contribution in [3.05, 3.63) is 76.7 Å². The number of aromatic nitrogens is 2. The Kier molecular flexibility index (Phi) is 7.92. The van der Waals surface area contributed by atoms with Gasteiger partial charge in [-0.05, 0) is 44.0 Å². The zero-order chi connectivity index (χ0) is 32.0. The molecule has 2 aromatic carbocycles. The molecular weight excluding hydrogens is 593 g/mol. The number of nitrogens with one attached hydrogen (secondary N) is 1. The zero-order valence-corrected chi connectivity index (χ0v) is 23.6. The van der Waals surface area contributed by atoms with E-state index < -0.39 is 58.6 Å². The van der Waals surface area contributed by atoms with Gasteiger partial charge in [-0.1, -0.05) is 12.1 Å². The number of carbonyl (C=O) groups excluding carboxylic acids is 2. The molecule has 232 valence electrons. The van der Waals surface area contributed by atoms with E-state index in [1.54, 1.807) is 6.92 Å². The van der Waals surface area contributed by atoms with E-state index >= 15 is 0 Å². The Morgan fingerprint density at radius 3 is 2.57 bits per heavy atom. The molecule has 2 amide bonds. The van der Waals surface area contributed by atoms with Gasteiger partial charge in [0.05, 0.1) is 37.4 Å². The molecular formula is C29H26F5N5O5. The van der Waals surface area contributed by atoms with Crippen LogP contribution >= 0.6 is 0 Å². The summed E-state index contributed by atoms with van der Waals surface area (Å²) in [6.45, 7) is 1.42. The smallest absolute Gasteiger partial charge is 0.416 e. The molecule has 0 spiro atoms. The summed E-state index contributed by atoms with van der Waals surface area (Å²) in [6, 6.07) is 5.81. The molecule has 2 aliphatic heterocycles. The van der Waals surface area contributed by atoms with Crippen molar-refractivity contribution in [2.24, 2.45) is 0 Å². The van der Waals surface area contributed by atoms with Crippen LogP contribution < -0.4 is 14.8 Å². The third-order valence-corrected chi connectivity index (χ3v) is 7.66. The molecule has 0 saturated carbocycles. The van der Waals surface area contributed by atoms with Gasteiger partial charge in [-0.3, -0.25) is 14.6 Å².